The molecule has 0 spiro atoms. The number of nitrogens with zero attached hydrogens (tertiary/aromatic N) is 3. The Labute approximate surface area is 175 Å². The number of carbonyl (C=O) groups excluding carboxylic acids is 1. The molecule has 0 radical (unpaired) electrons. The van der Waals surface area contributed by atoms with E-state index in [-0.39, 0.29) is 23.8 Å². The number of benzene rings is 1. The molecule has 30 heavy (non-hydrogen) atoms. The van der Waals surface area contributed by atoms with Crippen LogP contribution < -0.4 is 21.9 Å². The number of hydrogen-bond donors (Lipinski definition) is 3. The van der Waals surface area contributed by atoms with Gasteiger partial charge in [-0.2, -0.15) is 0 Å². The maximum absolute atomic E-state index is 12.8. The van der Waals surface area contributed by atoms with Crippen molar-refractivity contribution in [3.63, 3.8) is 0 Å². The molecule has 2 heterocycles. The maximum atomic E-state index is 12.8. The van der Waals surface area contributed by atoms with Gasteiger partial charge in [-0.25, -0.2) is 9.97 Å². The highest BCUT2D eigenvalue weighted by Crippen LogP contribution is 2.09. The number of nitrogens with two attached hydrogens (primary N) is 1. The van der Waals surface area contributed by atoms with E-state index >= 15 is 0 Å². The molecule has 0 unspecified atom stereocenters. The third-order valence-electron chi connectivity index (χ3n) is 4.82. The number of hydrogen-bond acceptors (Lipinski definition) is 6. The van der Waals surface area contributed by atoms with Gasteiger partial charge in [0.25, 0.3) is 5.56 Å². The zero-order chi connectivity index (χ0) is 21.5. The van der Waals surface area contributed by atoms with Gasteiger partial charge in [0.2, 0.25) is 5.91 Å². The Kier molecular flexibility index (Phi) is 6.79. The maximum Gasteiger partial charge on any atom is 0.293 e. The Bertz CT molecular complexity index is 1080. The molecular formula is C22H26N6O2. The first-order valence-corrected chi connectivity index (χ1v) is 9.76. The summed E-state index contributed by atoms with van der Waals surface area (Å²) in [6.07, 6.45) is 4.00. The SMILES string of the molecule is Cc1cc(N)ncc1CNC(=O)Cn1c(C)cnc(NCCc2ccccc2)c1=O. The van der Waals surface area contributed by atoms with E-state index in [0.717, 1.165) is 17.5 Å². The van der Waals surface area contributed by atoms with Crippen LogP contribution in [0.25, 0.3) is 0 Å². The number of pyridine rings is 1. The first kappa shape index (κ1) is 21.0. The monoisotopic (exact) mass is 406 g/mol. The molecule has 0 bridgehead atoms. The van der Waals surface area contributed by atoms with Gasteiger partial charge in [0.15, 0.2) is 5.82 Å². The van der Waals surface area contributed by atoms with Gasteiger partial charge in [-0.15, -0.1) is 0 Å². The number of carbonyl (C=O) groups is 1. The molecule has 0 saturated heterocycles. The lowest BCUT2D eigenvalue weighted by Gasteiger charge is -2.13. The zero-order valence-electron chi connectivity index (χ0n) is 17.2. The molecule has 8 nitrogen and oxygen atoms in total. The highest BCUT2D eigenvalue weighted by atomic mass is 16.2. The van der Waals surface area contributed by atoms with E-state index in [1.165, 1.54) is 10.1 Å². The van der Waals surface area contributed by atoms with E-state index in [9.17, 15) is 9.59 Å². The minimum atomic E-state index is -0.316. The average molecular weight is 406 g/mol. The summed E-state index contributed by atoms with van der Waals surface area (Å²) in [6, 6.07) is 11.7. The Morgan fingerprint density at radius 1 is 1.13 bits per heavy atom. The molecule has 3 rings (SSSR count). The lowest BCUT2D eigenvalue weighted by atomic mass is 10.1. The molecule has 2 aromatic heterocycles. The number of anilines is 2. The highest BCUT2D eigenvalue weighted by molar-refractivity contribution is 5.75. The smallest absolute Gasteiger partial charge is 0.293 e. The van der Waals surface area contributed by atoms with Crippen LogP contribution in [0.1, 0.15) is 22.4 Å². The molecule has 0 saturated carbocycles. The van der Waals surface area contributed by atoms with Gasteiger partial charge in [-0.3, -0.25) is 14.2 Å². The normalized spacial score (nSPS) is 10.6. The number of nitrogen functional groups attached to an aromatic ring is 1. The van der Waals surface area contributed by atoms with Crippen LogP contribution in [0.4, 0.5) is 11.6 Å². The molecule has 8 heteroatoms. The highest BCUT2D eigenvalue weighted by Gasteiger charge is 2.12. The predicted octanol–water partition coefficient (Wildman–Crippen LogP) is 1.81. The van der Waals surface area contributed by atoms with Gasteiger partial charge in [0, 0.05) is 31.2 Å². The van der Waals surface area contributed by atoms with Crippen LogP contribution >= 0.6 is 0 Å². The summed E-state index contributed by atoms with van der Waals surface area (Å²) >= 11 is 0. The lowest BCUT2D eigenvalue weighted by Crippen LogP contribution is -2.34. The van der Waals surface area contributed by atoms with Crippen LogP contribution in [0, 0.1) is 13.8 Å². The second kappa shape index (κ2) is 9.69. The first-order chi connectivity index (χ1) is 14.4. The van der Waals surface area contributed by atoms with Crippen molar-refractivity contribution in [2.24, 2.45) is 0 Å². The fourth-order valence-electron chi connectivity index (χ4n) is 3.04. The Balaban J connectivity index is 1.61. The van der Waals surface area contributed by atoms with E-state index in [1.807, 2.05) is 37.3 Å². The van der Waals surface area contributed by atoms with Gasteiger partial charge in [0.05, 0.1) is 0 Å². The molecule has 1 aromatic carbocycles. The molecule has 0 aliphatic rings. The second-order valence-electron chi connectivity index (χ2n) is 7.11. The van der Waals surface area contributed by atoms with Crippen LogP contribution in [0.5, 0.6) is 0 Å². The van der Waals surface area contributed by atoms with E-state index in [1.54, 1.807) is 25.4 Å². The van der Waals surface area contributed by atoms with Crippen molar-refractivity contribution in [2.75, 3.05) is 17.6 Å². The van der Waals surface area contributed by atoms with Gasteiger partial charge < -0.3 is 16.4 Å². The third-order valence-corrected chi connectivity index (χ3v) is 4.82. The molecule has 0 aliphatic heterocycles. The van der Waals surface area contributed by atoms with Gasteiger partial charge in [-0.1, -0.05) is 30.3 Å². The molecule has 156 valence electrons. The van der Waals surface area contributed by atoms with Crippen LogP contribution in [0.2, 0.25) is 0 Å². The number of nitrogens with one attached hydrogen (secondary N) is 2. The predicted molar refractivity (Wildman–Crippen MR) is 117 cm³/mol. The Morgan fingerprint density at radius 3 is 2.63 bits per heavy atom. The van der Waals surface area contributed by atoms with Crippen molar-refractivity contribution >= 4 is 17.5 Å². The van der Waals surface area contributed by atoms with Crippen molar-refractivity contribution < 1.29 is 4.79 Å². The summed E-state index contributed by atoms with van der Waals surface area (Å²) in [5, 5.41) is 5.90. The molecular weight excluding hydrogens is 380 g/mol. The molecule has 0 atom stereocenters. The fraction of sp³-hybridized carbons (Fsp3) is 0.273. The lowest BCUT2D eigenvalue weighted by molar-refractivity contribution is -0.121. The van der Waals surface area contributed by atoms with Crippen molar-refractivity contribution in [3.05, 3.63) is 81.5 Å². The molecule has 0 aliphatic carbocycles. The Hall–Kier alpha value is -3.68. The van der Waals surface area contributed by atoms with E-state index in [2.05, 4.69) is 20.6 Å². The average Bonchev–Trinajstić information content (AvgIpc) is 2.73. The summed E-state index contributed by atoms with van der Waals surface area (Å²) in [6.45, 7) is 4.47. The van der Waals surface area contributed by atoms with Gasteiger partial charge >= 0.3 is 0 Å². The summed E-state index contributed by atoms with van der Waals surface area (Å²) < 4.78 is 1.42. The van der Waals surface area contributed by atoms with Gasteiger partial charge in [-0.05, 0) is 43.0 Å². The number of aromatic nitrogens is 3. The number of aryl methyl sites for hydroxylation is 2. The summed E-state index contributed by atoms with van der Waals surface area (Å²) in [4.78, 5) is 33.4. The topological polar surface area (TPSA) is 115 Å². The largest absolute Gasteiger partial charge is 0.384 e. The summed E-state index contributed by atoms with van der Waals surface area (Å²) in [7, 11) is 0. The second-order valence-corrected chi connectivity index (χ2v) is 7.11. The minimum absolute atomic E-state index is 0.0813. The van der Waals surface area contributed by atoms with E-state index in [4.69, 9.17) is 5.73 Å². The van der Waals surface area contributed by atoms with Crippen molar-refractivity contribution in [1.29, 1.82) is 0 Å². The standard InChI is InChI=1S/C22H26N6O2/c1-15-10-19(23)25-12-18(15)13-26-20(29)14-28-16(2)11-27-21(22(28)30)24-9-8-17-6-4-3-5-7-17/h3-7,10-12H,8-9,13-14H2,1-2H3,(H2,23,25)(H,24,27)(H,26,29). The van der Waals surface area contributed by atoms with Crippen LogP contribution in [0.15, 0.2) is 53.6 Å². The Morgan fingerprint density at radius 2 is 1.90 bits per heavy atom. The molecule has 0 fully saturated rings. The van der Waals surface area contributed by atoms with Crippen LogP contribution in [0.3, 0.4) is 0 Å². The van der Waals surface area contributed by atoms with Crippen molar-refractivity contribution in [1.82, 2.24) is 19.9 Å². The first-order valence-electron chi connectivity index (χ1n) is 9.76. The third kappa shape index (κ3) is 5.44. The summed E-state index contributed by atoms with van der Waals surface area (Å²) in [5.74, 6) is 0.412. The molecule has 1 amide bonds. The summed E-state index contributed by atoms with van der Waals surface area (Å²) in [5.41, 5.74) is 8.95. The van der Waals surface area contributed by atoms with Gasteiger partial charge in [0.1, 0.15) is 12.4 Å². The number of rotatable bonds is 8. The van der Waals surface area contributed by atoms with Crippen LogP contribution in [-0.2, 0) is 24.3 Å². The molecule has 4 N–H and O–H groups in total. The quantitative estimate of drug-likeness (QED) is 0.526. The zero-order valence-corrected chi connectivity index (χ0v) is 17.2. The fourth-order valence-corrected chi connectivity index (χ4v) is 3.04. The van der Waals surface area contributed by atoms with E-state index < -0.39 is 0 Å². The molecule has 3 aromatic rings. The van der Waals surface area contributed by atoms with Crippen molar-refractivity contribution in [3.8, 4) is 0 Å². The minimum Gasteiger partial charge on any atom is -0.384 e. The van der Waals surface area contributed by atoms with Crippen LogP contribution in [-0.4, -0.2) is 27.0 Å². The van der Waals surface area contributed by atoms with Crippen molar-refractivity contribution in [2.45, 2.75) is 33.4 Å². The number of amides is 1. The van der Waals surface area contributed by atoms with E-state index in [0.29, 0.717) is 24.6 Å².